The fourth-order valence-electron chi connectivity index (χ4n) is 1.19. The number of aldehydes is 1. The summed E-state index contributed by atoms with van der Waals surface area (Å²) in [6, 6.07) is 5.39. The number of alkyl halides is 3. The molecule has 0 fully saturated rings. The largest absolute Gasteiger partial charge is 0.346 e. The van der Waals surface area contributed by atoms with Crippen molar-refractivity contribution < 1.29 is 22.8 Å². The predicted molar refractivity (Wildman–Crippen MR) is 51.4 cm³/mol. The number of halogens is 3. The fraction of sp³-hybridized carbons (Fsp3) is 0.273. The number of Topliss-reactive ketones (excluding diaryl/α,β-unsaturated/α-hetero) is 1. The zero-order chi connectivity index (χ0) is 12.3. The van der Waals surface area contributed by atoms with E-state index in [0.29, 0.717) is 5.56 Å². The average Bonchev–Trinajstić information content (AvgIpc) is 2.26. The molecule has 0 aliphatic carbocycles. The number of carbonyl (C=O) groups is 2. The molecule has 1 unspecified atom stereocenters. The molecular formula is C11H9F3O2. The Kier molecular flexibility index (Phi) is 3.47. The molecule has 1 aromatic rings. The lowest BCUT2D eigenvalue weighted by Gasteiger charge is -2.15. The lowest BCUT2D eigenvalue weighted by atomic mass is 10.0. The van der Waals surface area contributed by atoms with Crippen LogP contribution >= 0.6 is 0 Å². The molecule has 5 heteroatoms. The molecule has 0 aromatic heterocycles. The van der Waals surface area contributed by atoms with Crippen molar-refractivity contribution in [2.24, 2.45) is 0 Å². The molecule has 0 aliphatic heterocycles. The van der Waals surface area contributed by atoms with Gasteiger partial charge in [0.05, 0.1) is 0 Å². The van der Waals surface area contributed by atoms with Crippen LogP contribution in [0.15, 0.2) is 24.3 Å². The van der Waals surface area contributed by atoms with Crippen molar-refractivity contribution >= 4 is 12.1 Å². The van der Waals surface area contributed by atoms with Gasteiger partial charge in [0.2, 0.25) is 12.0 Å². The Morgan fingerprint density at radius 2 is 2.06 bits per heavy atom. The normalized spacial score (nSPS) is 13.2. The summed E-state index contributed by atoms with van der Waals surface area (Å²) in [5, 5.41) is 0. The van der Waals surface area contributed by atoms with Crippen molar-refractivity contribution in [2.75, 3.05) is 0 Å². The van der Waals surface area contributed by atoms with E-state index in [1.807, 2.05) is 0 Å². The summed E-state index contributed by atoms with van der Waals surface area (Å²) in [5.41, 5.74) is 0.290. The van der Waals surface area contributed by atoms with Gasteiger partial charge in [0.25, 0.3) is 0 Å². The molecule has 1 rings (SSSR count). The summed E-state index contributed by atoms with van der Waals surface area (Å²) in [6.45, 7) is 1.61. The van der Waals surface area contributed by atoms with Gasteiger partial charge < -0.3 is 0 Å². The summed E-state index contributed by atoms with van der Waals surface area (Å²) in [4.78, 5) is 21.2. The van der Waals surface area contributed by atoms with Crippen LogP contribution in [0.3, 0.4) is 0 Å². The first-order chi connectivity index (χ1) is 7.39. The van der Waals surface area contributed by atoms with E-state index in [2.05, 4.69) is 0 Å². The summed E-state index contributed by atoms with van der Waals surface area (Å²) >= 11 is 0. The summed E-state index contributed by atoms with van der Waals surface area (Å²) in [5.74, 6) is -5.99. The highest BCUT2D eigenvalue weighted by atomic mass is 19.3. The fourth-order valence-corrected chi connectivity index (χ4v) is 1.19. The Balaban J connectivity index is 3.06. The highest BCUT2D eigenvalue weighted by Gasteiger charge is 2.48. The second kappa shape index (κ2) is 4.47. The Labute approximate surface area is 90.1 Å². The quantitative estimate of drug-likeness (QED) is 0.587. The molecule has 0 spiro atoms. The maximum atomic E-state index is 13.1. The maximum absolute atomic E-state index is 13.1. The van der Waals surface area contributed by atoms with Crippen LogP contribution in [-0.2, 0) is 4.79 Å². The number of hydrogen-bond donors (Lipinski definition) is 0. The van der Waals surface area contributed by atoms with E-state index in [0.717, 1.165) is 6.07 Å². The minimum Gasteiger partial charge on any atom is -0.300 e. The minimum atomic E-state index is -4.31. The first-order valence-electron chi connectivity index (χ1n) is 4.48. The van der Waals surface area contributed by atoms with Gasteiger partial charge in [-0.25, -0.2) is 4.39 Å². The third-order valence-corrected chi connectivity index (χ3v) is 2.05. The molecule has 1 aromatic carbocycles. The van der Waals surface area contributed by atoms with E-state index in [9.17, 15) is 22.8 Å². The average molecular weight is 230 g/mol. The predicted octanol–water partition coefficient (Wildman–Crippen LogP) is 2.35. The number of rotatable bonds is 4. The monoisotopic (exact) mass is 230 g/mol. The van der Waals surface area contributed by atoms with Gasteiger partial charge in [-0.2, -0.15) is 8.78 Å². The number of carbonyl (C=O) groups excluding carboxylic acids is 2. The molecule has 0 heterocycles. The summed E-state index contributed by atoms with van der Waals surface area (Å²) in [6.07, 6.45) is -3.69. The van der Waals surface area contributed by atoms with E-state index in [1.54, 1.807) is 13.0 Å². The number of ketones is 1. The third kappa shape index (κ3) is 2.29. The van der Waals surface area contributed by atoms with Gasteiger partial charge >= 0.3 is 5.92 Å². The van der Waals surface area contributed by atoms with E-state index in [-0.39, 0.29) is 5.56 Å². The molecule has 0 radical (unpaired) electrons. The van der Waals surface area contributed by atoms with Crippen LogP contribution < -0.4 is 0 Å². The van der Waals surface area contributed by atoms with Crippen LogP contribution in [0.1, 0.15) is 15.9 Å². The smallest absolute Gasteiger partial charge is 0.300 e. The van der Waals surface area contributed by atoms with Gasteiger partial charge in [-0.1, -0.05) is 23.8 Å². The topological polar surface area (TPSA) is 34.1 Å². The molecule has 0 aliphatic rings. The Morgan fingerprint density at radius 1 is 1.44 bits per heavy atom. The molecule has 86 valence electrons. The molecule has 0 amide bonds. The zero-order valence-corrected chi connectivity index (χ0v) is 8.41. The van der Waals surface area contributed by atoms with E-state index in [1.165, 1.54) is 12.1 Å². The van der Waals surface area contributed by atoms with Crippen molar-refractivity contribution in [3.63, 3.8) is 0 Å². The molecule has 0 saturated heterocycles. The first-order valence-corrected chi connectivity index (χ1v) is 4.48. The maximum Gasteiger partial charge on any atom is 0.346 e. The van der Waals surface area contributed by atoms with Gasteiger partial charge in [-0.15, -0.1) is 0 Å². The second-order valence-electron chi connectivity index (χ2n) is 3.36. The zero-order valence-electron chi connectivity index (χ0n) is 8.41. The van der Waals surface area contributed by atoms with Crippen molar-refractivity contribution in [3.05, 3.63) is 35.4 Å². The van der Waals surface area contributed by atoms with Crippen LogP contribution in [0.2, 0.25) is 0 Å². The first kappa shape index (κ1) is 12.4. The summed E-state index contributed by atoms with van der Waals surface area (Å²) in [7, 11) is 0. The second-order valence-corrected chi connectivity index (χ2v) is 3.36. The van der Waals surface area contributed by atoms with Gasteiger partial charge in [0.1, 0.15) is 0 Å². The van der Waals surface area contributed by atoms with Crippen LogP contribution in [0.25, 0.3) is 0 Å². The van der Waals surface area contributed by atoms with E-state index < -0.39 is 24.2 Å². The molecule has 0 saturated carbocycles. The standard InChI is InChI=1S/C11H9F3O2/c1-7-3-2-4-8(5-7)10(16)11(13,14)9(12)6-15/h2-6,9H,1H3. The van der Waals surface area contributed by atoms with Crippen LogP contribution in [-0.4, -0.2) is 24.2 Å². The van der Waals surface area contributed by atoms with Crippen molar-refractivity contribution in [1.29, 1.82) is 0 Å². The minimum absolute atomic E-state index is 0.311. The van der Waals surface area contributed by atoms with Gasteiger partial charge in [-0.05, 0) is 13.0 Å². The Morgan fingerprint density at radius 3 is 2.56 bits per heavy atom. The molecule has 16 heavy (non-hydrogen) atoms. The SMILES string of the molecule is Cc1cccc(C(=O)C(F)(F)C(F)C=O)c1. The van der Waals surface area contributed by atoms with Crippen molar-refractivity contribution in [1.82, 2.24) is 0 Å². The highest BCUT2D eigenvalue weighted by Crippen LogP contribution is 2.25. The molecule has 1 atom stereocenters. The molecule has 0 N–H and O–H groups in total. The van der Waals surface area contributed by atoms with Gasteiger partial charge in [0, 0.05) is 5.56 Å². The van der Waals surface area contributed by atoms with Gasteiger partial charge in [-0.3, -0.25) is 9.59 Å². The third-order valence-electron chi connectivity index (χ3n) is 2.05. The van der Waals surface area contributed by atoms with E-state index >= 15 is 0 Å². The number of hydrogen-bond acceptors (Lipinski definition) is 2. The Bertz CT molecular complexity index is 415. The lowest BCUT2D eigenvalue weighted by molar-refractivity contribution is -0.122. The highest BCUT2D eigenvalue weighted by molar-refractivity contribution is 6.03. The van der Waals surface area contributed by atoms with Crippen LogP contribution in [0.5, 0.6) is 0 Å². The Hall–Kier alpha value is -1.65. The van der Waals surface area contributed by atoms with Gasteiger partial charge in [0.15, 0.2) is 6.29 Å². The lowest BCUT2D eigenvalue weighted by Crippen LogP contribution is -2.39. The van der Waals surface area contributed by atoms with Crippen LogP contribution in [0, 0.1) is 6.92 Å². The van der Waals surface area contributed by atoms with E-state index in [4.69, 9.17) is 0 Å². The number of benzene rings is 1. The number of aryl methyl sites for hydroxylation is 1. The van der Waals surface area contributed by atoms with Crippen LogP contribution in [0.4, 0.5) is 13.2 Å². The molecule has 2 nitrogen and oxygen atoms in total. The summed E-state index contributed by atoms with van der Waals surface area (Å²) < 4.78 is 38.8. The molecular weight excluding hydrogens is 221 g/mol. The molecule has 0 bridgehead atoms. The van der Waals surface area contributed by atoms with Crippen molar-refractivity contribution in [3.8, 4) is 0 Å². The van der Waals surface area contributed by atoms with Crippen molar-refractivity contribution in [2.45, 2.75) is 19.0 Å².